The quantitative estimate of drug-likeness (QED) is 0.554. The van der Waals surface area contributed by atoms with Crippen LogP contribution in [-0.2, 0) is 21.7 Å². The fraction of sp³-hybridized carbons (Fsp3) is 0.765. The van der Waals surface area contributed by atoms with E-state index in [2.05, 4.69) is 32.6 Å². The number of hydrogen-bond donors (Lipinski definition) is 0. The molecule has 0 saturated heterocycles. The molecule has 126 valence electrons. The van der Waals surface area contributed by atoms with E-state index in [1.54, 1.807) is 11.1 Å². The van der Waals surface area contributed by atoms with Gasteiger partial charge in [-0.15, -0.1) is 0 Å². The predicted molar refractivity (Wildman–Crippen MR) is 87.3 cm³/mol. The van der Waals surface area contributed by atoms with Crippen LogP contribution in [0.25, 0.3) is 0 Å². The van der Waals surface area contributed by atoms with Crippen LogP contribution >= 0.6 is 0 Å². The van der Waals surface area contributed by atoms with Crippen molar-refractivity contribution >= 4 is 8.07 Å². The summed E-state index contributed by atoms with van der Waals surface area (Å²) < 4.78 is 0. The van der Waals surface area contributed by atoms with E-state index < -0.39 is 8.07 Å². The van der Waals surface area contributed by atoms with Crippen LogP contribution in [0.3, 0.4) is 0 Å². The van der Waals surface area contributed by atoms with Crippen molar-refractivity contribution in [1.29, 1.82) is 0 Å². The molecule has 3 nitrogen and oxygen atoms in total. The Labute approximate surface area is 153 Å². The number of allylic oxidation sites excluding steroid dienone is 4. The van der Waals surface area contributed by atoms with Crippen molar-refractivity contribution in [2.75, 3.05) is 21.3 Å². The molecule has 0 spiro atoms. The Hall–Kier alpha value is 0.291. The van der Waals surface area contributed by atoms with Crippen LogP contribution in [0.5, 0.6) is 0 Å². The number of rotatable bonds is 2. The van der Waals surface area contributed by atoms with Crippen molar-refractivity contribution in [3.63, 3.8) is 0 Å². The molecule has 2 rings (SSSR count). The Kier molecular flexibility index (Phi) is 18.3. The molecule has 0 radical (unpaired) electrons. The van der Waals surface area contributed by atoms with Crippen LogP contribution in [0, 0.1) is 12.0 Å². The summed E-state index contributed by atoms with van der Waals surface area (Å²) in [5.74, 6) is 0.784. The molecule has 0 aromatic rings. The Bertz CT molecular complexity index is 333. The molecule has 2 aliphatic rings. The first-order valence-electron chi connectivity index (χ1n) is 7.52. The van der Waals surface area contributed by atoms with Gasteiger partial charge in [0.15, 0.2) is 0 Å². The smallest absolute Gasteiger partial charge is 0.857 e. The van der Waals surface area contributed by atoms with Crippen molar-refractivity contribution in [1.82, 2.24) is 0 Å². The minimum Gasteiger partial charge on any atom is -0.857 e. The van der Waals surface area contributed by atoms with Gasteiger partial charge in [-0.1, -0.05) is 64.2 Å². The van der Waals surface area contributed by atoms with Crippen LogP contribution in [-0.4, -0.2) is 29.4 Å². The summed E-state index contributed by atoms with van der Waals surface area (Å²) >= 11 is 0. The maximum absolute atomic E-state index is 8.25. The standard InChI is InChI=1S/C14H23Si.3CH3O.Ti/c1-11-9-12-7-5-6-8-13(12)14(11)10-15(2,3)4;3*1-2;/h14H,5-8,10H2,1-4H3;3*1H3;/q4*-1;+4. The van der Waals surface area contributed by atoms with Gasteiger partial charge in [0, 0.05) is 8.07 Å². The second-order valence-electron chi connectivity index (χ2n) is 6.34. The molecule has 2 aliphatic carbocycles. The average Bonchev–Trinajstić information content (AvgIpc) is 2.80. The third-order valence-corrected chi connectivity index (χ3v) is 5.25. The third kappa shape index (κ3) is 9.43. The molecule has 0 heterocycles. The zero-order valence-corrected chi connectivity index (χ0v) is 17.9. The molecule has 1 unspecified atom stereocenters. The molecule has 0 aliphatic heterocycles. The van der Waals surface area contributed by atoms with E-state index in [4.69, 9.17) is 15.3 Å². The average molecular weight is 360 g/mol. The molecule has 0 amide bonds. The van der Waals surface area contributed by atoms with Gasteiger partial charge in [0.2, 0.25) is 0 Å². The van der Waals surface area contributed by atoms with Crippen LogP contribution in [0.1, 0.15) is 32.6 Å². The molecule has 0 aromatic heterocycles. The molecule has 0 aromatic carbocycles. The van der Waals surface area contributed by atoms with E-state index in [1.165, 1.54) is 37.3 Å². The first-order chi connectivity index (χ1) is 9.97. The Balaban J connectivity index is -0.000000463. The maximum atomic E-state index is 8.25. The van der Waals surface area contributed by atoms with Gasteiger partial charge in [0.25, 0.3) is 0 Å². The summed E-state index contributed by atoms with van der Waals surface area (Å²) in [6.07, 6.45) is 9.10. The normalized spacial score (nSPS) is 19.0. The van der Waals surface area contributed by atoms with Crippen molar-refractivity contribution in [2.24, 2.45) is 5.92 Å². The fourth-order valence-electron chi connectivity index (χ4n) is 2.93. The summed E-state index contributed by atoms with van der Waals surface area (Å²) in [6.45, 7) is 9.76. The molecular formula is C17H32O3SiTi. The van der Waals surface area contributed by atoms with Gasteiger partial charge >= 0.3 is 21.7 Å². The summed E-state index contributed by atoms with van der Waals surface area (Å²) in [4.78, 5) is 0. The second-order valence-corrected chi connectivity index (χ2v) is 11.9. The van der Waals surface area contributed by atoms with Gasteiger partial charge in [-0.2, -0.15) is 26.9 Å². The topological polar surface area (TPSA) is 69.2 Å². The minimum absolute atomic E-state index is 0. The number of hydrogen-bond acceptors (Lipinski definition) is 3. The summed E-state index contributed by atoms with van der Waals surface area (Å²) in [5.41, 5.74) is 4.88. The molecule has 0 fully saturated rings. The first-order valence-corrected chi connectivity index (χ1v) is 11.2. The van der Waals surface area contributed by atoms with Crippen molar-refractivity contribution in [3.05, 3.63) is 22.8 Å². The SMILES string of the molecule is CC1=[C-]C2=C(CCCC2)C1C[Si](C)(C)C.C[O-].C[O-].C[O-].[Ti+4]. The van der Waals surface area contributed by atoms with E-state index in [-0.39, 0.29) is 21.7 Å². The molecule has 1 atom stereocenters. The molecular weight excluding hydrogens is 328 g/mol. The Morgan fingerprint density at radius 3 is 1.86 bits per heavy atom. The second kappa shape index (κ2) is 14.9. The van der Waals surface area contributed by atoms with Crippen molar-refractivity contribution < 1.29 is 37.0 Å². The fourth-order valence-corrected chi connectivity index (χ4v) is 4.71. The predicted octanol–water partition coefficient (Wildman–Crippen LogP) is 1.50. The van der Waals surface area contributed by atoms with Gasteiger partial charge in [-0.3, -0.25) is 0 Å². The van der Waals surface area contributed by atoms with E-state index >= 15 is 0 Å². The summed E-state index contributed by atoms with van der Waals surface area (Å²) in [6, 6.07) is 1.44. The summed E-state index contributed by atoms with van der Waals surface area (Å²) in [5, 5.41) is 24.8. The van der Waals surface area contributed by atoms with E-state index in [0.29, 0.717) is 0 Å². The van der Waals surface area contributed by atoms with E-state index in [1.807, 2.05) is 0 Å². The molecule has 0 bridgehead atoms. The molecule has 0 N–H and O–H groups in total. The van der Waals surface area contributed by atoms with Gasteiger partial charge in [-0.05, 0) is 0 Å². The minimum atomic E-state index is -0.935. The zero-order chi connectivity index (χ0) is 17.1. The zero-order valence-electron chi connectivity index (χ0n) is 15.3. The van der Waals surface area contributed by atoms with Gasteiger partial charge < -0.3 is 15.3 Å². The summed E-state index contributed by atoms with van der Waals surface area (Å²) in [7, 11) is 1.31. The molecule has 0 saturated carbocycles. The van der Waals surface area contributed by atoms with Crippen LogP contribution in [0.4, 0.5) is 0 Å². The van der Waals surface area contributed by atoms with Gasteiger partial charge in [-0.25, -0.2) is 17.2 Å². The maximum Gasteiger partial charge on any atom is 4.00 e. The van der Waals surface area contributed by atoms with Crippen molar-refractivity contribution in [2.45, 2.75) is 58.3 Å². The van der Waals surface area contributed by atoms with Crippen LogP contribution in [0.2, 0.25) is 25.7 Å². The Morgan fingerprint density at radius 2 is 1.41 bits per heavy atom. The van der Waals surface area contributed by atoms with E-state index in [9.17, 15) is 0 Å². The molecule has 22 heavy (non-hydrogen) atoms. The van der Waals surface area contributed by atoms with E-state index in [0.717, 1.165) is 27.2 Å². The first kappa shape index (κ1) is 27.2. The third-order valence-electron chi connectivity index (χ3n) is 3.62. The van der Waals surface area contributed by atoms with Gasteiger partial charge in [0.05, 0.1) is 0 Å². The van der Waals surface area contributed by atoms with Gasteiger partial charge in [0.1, 0.15) is 0 Å². The monoisotopic (exact) mass is 360 g/mol. The van der Waals surface area contributed by atoms with Crippen molar-refractivity contribution in [3.8, 4) is 0 Å². The van der Waals surface area contributed by atoms with Crippen LogP contribution in [0.15, 0.2) is 16.7 Å². The van der Waals surface area contributed by atoms with Crippen LogP contribution < -0.4 is 15.3 Å². The Morgan fingerprint density at radius 1 is 0.955 bits per heavy atom. The largest absolute Gasteiger partial charge is 4.00 e. The molecule has 5 heteroatoms.